The number of rotatable bonds is 5. The highest BCUT2D eigenvalue weighted by Gasteiger charge is 2.53. The predicted molar refractivity (Wildman–Crippen MR) is 205 cm³/mol. The van der Waals surface area contributed by atoms with Gasteiger partial charge in [-0.25, -0.2) is 9.98 Å². The molecule has 1 spiro atoms. The van der Waals surface area contributed by atoms with E-state index in [0.717, 1.165) is 28.0 Å². The zero-order chi connectivity index (χ0) is 32.8. The van der Waals surface area contributed by atoms with Crippen LogP contribution >= 0.6 is 0 Å². The van der Waals surface area contributed by atoms with Crippen LogP contribution in [0, 0.1) is 0 Å². The molecular weight excluding hydrogens is 593 g/mol. The van der Waals surface area contributed by atoms with Crippen molar-refractivity contribution < 1.29 is 0 Å². The van der Waals surface area contributed by atoms with Crippen molar-refractivity contribution in [1.29, 1.82) is 0 Å². The number of aliphatic imine (C=N–C) groups is 2. The number of allylic oxidation sites excluding steroid dienone is 1. The summed E-state index contributed by atoms with van der Waals surface area (Å²) >= 11 is 0. The van der Waals surface area contributed by atoms with Crippen molar-refractivity contribution in [3.05, 3.63) is 215 Å². The Morgan fingerprint density at radius 2 is 0.776 bits per heavy atom. The van der Waals surface area contributed by atoms with Gasteiger partial charge < -0.3 is 0 Å². The van der Waals surface area contributed by atoms with Crippen LogP contribution in [0.25, 0.3) is 44.7 Å². The van der Waals surface area contributed by atoms with Gasteiger partial charge >= 0.3 is 0 Å². The summed E-state index contributed by atoms with van der Waals surface area (Å²) < 4.78 is 0. The van der Waals surface area contributed by atoms with Crippen LogP contribution in [0.3, 0.4) is 0 Å². The van der Waals surface area contributed by atoms with Gasteiger partial charge in [-0.15, -0.1) is 0 Å². The first-order valence-corrected chi connectivity index (χ1v) is 16.7. The van der Waals surface area contributed by atoms with Crippen molar-refractivity contribution in [3.63, 3.8) is 0 Å². The van der Waals surface area contributed by atoms with Gasteiger partial charge in [-0.3, -0.25) is 0 Å². The maximum absolute atomic E-state index is 5.41. The van der Waals surface area contributed by atoms with Gasteiger partial charge in [-0.1, -0.05) is 182 Å². The third-order valence-corrected chi connectivity index (χ3v) is 10.0. The summed E-state index contributed by atoms with van der Waals surface area (Å²) in [6, 6.07) is 65.0. The van der Waals surface area contributed by atoms with Crippen molar-refractivity contribution in [2.45, 2.75) is 5.41 Å². The molecule has 2 nitrogen and oxygen atoms in total. The maximum atomic E-state index is 5.41. The Morgan fingerprint density at radius 1 is 0.388 bits per heavy atom. The maximum Gasteiger partial charge on any atom is 0.159 e. The highest BCUT2D eigenvalue weighted by atomic mass is 14.9. The lowest BCUT2D eigenvalue weighted by molar-refractivity contribution is 0.842. The van der Waals surface area contributed by atoms with Crippen LogP contribution in [0.15, 0.2) is 192 Å². The van der Waals surface area contributed by atoms with Crippen molar-refractivity contribution in [2.75, 3.05) is 0 Å². The normalized spacial score (nSPS) is 14.0. The first-order chi connectivity index (χ1) is 24.3. The molecule has 0 aliphatic heterocycles. The molecule has 0 bridgehead atoms. The van der Waals surface area contributed by atoms with E-state index < -0.39 is 5.41 Å². The summed E-state index contributed by atoms with van der Waals surface area (Å²) in [6.07, 6.45) is 0. The van der Waals surface area contributed by atoms with E-state index in [1.54, 1.807) is 0 Å². The molecule has 0 unspecified atom stereocenters. The molecule has 2 aliphatic carbocycles. The van der Waals surface area contributed by atoms with Gasteiger partial charge in [0.15, 0.2) is 5.84 Å². The summed E-state index contributed by atoms with van der Waals surface area (Å²) in [6.45, 7) is 3.96. The molecule has 9 rings (SSSR count). The molecule has 0 saturated heterocycles. The lowest BCUT2D eigenvalue weighted by atomic mass is 9.68. The molecule has 0 atom stereocenters. The molecule has 0 amide bonds. The van der Waals surface area contributed by atoms with Crippen molar-refractivity contribution in [3.8, 4) is 33.4 Å². The SMILES string of the molecule is C=N/C(=N\C1=C(c2ccc(-c3ccc(-c4ccccc4)cc3)cc2)C2(c3ccccc31)c1ccccc1-c1ccccc12)c1ccccc1. The van der Waals surface area contributed by atoms with Gasteiger partial charge in [-0.05, 0) is 62.4 Å². The van der Waals surface area contributed by atoms with E-state index in [1.807, 2.05) is 30.3 Å². The number of amidine groups is 1. The number of fused-ring (bicyclic) bond motifs is 7. The van der Waals surface area contributed by atoms with Gasteiger partial charge in [0.2, 0.25) is 0 Å². The number of benzene rings is 7. The molecule has 0 heterocycles. The van der Waals surface area contributed by atoms with Gasteiger partial charge in [0.1, 0.15) is 0 Å². The van der Waals surface area contributed by atoms with Crippen LogP contribution in [0.1, 0.15) is 33.4 Å². The van der Waals surface area contributed by atoms with Gasteiger partial charge in [0, 0.05) is 16.7 Å². The van der Waals surface area contributed by atoms with E-state index in [1.165, 1.54) is 50.1 Å². The first-order valence-electron chi connectivity index (χ1n) is 16.7. The molecule has 2 aliphatic rings. The van der Waals surface area contributed by atoms with Crippen LogP contribution in [0.5, 0.6) is 0 Å². The third kappa shape index (κ3) is 4.49. The number of nitrogens with zero attached hydrogens (tertiary/aromatic N) is 2. The fourth-order valence-electron chi connectivity index (χ4n) is 7.93. The van der Waals surface area contributed by atoms with Crippen molar-refractivity contribution >= 4 is 23.8 Å². The molecule has 2 heteroatoms. The Bertz CT molecular complexity index is 2370. The second-order valence-corrected chi connectivity index (χ2v) is 12.6. The summed E-state index contributed by atoms with van der Waals surface area (Å²) in [5, 5.41) is 0. The minimum atomic E-state index is -0.551. The Morgan fingerprint density at radius 3 is 1.29 bits per heavy atom. The zero-order valence-corrected chi connectivity index (χ0v) is 26.9. The van der Waals surface area contributed by atoms with Crippen molar-refractivity contribution in [2.24, 2.45) is 9.98 Å². The molecule has 0 N–H and O–H groups in total. The fourth-order valence-corrected chi connectivity index (χ4v) is 7.93. The van der Waals surface area contributed by atoms with E-state index in [9.17, 15) is 0 Å². The molecule has 7 aromatic rings. The number of hydrogen-bond acceptors (Lipinski definition) is 1. The fraction of sp³-hybridized carbons (Fsp3) is 0.0213. The second-order valence-electron chi connectivity index (χ2n) is 12.6. The van der Waals surface area contributed by atoms with E-state index >= 15 is 0 Å². The second kappa shape index (κ2) is 11.7. The molecule has 49 heavy (non-hydrogen) atoms. The van der Waals surface area contributed by atoms with Crippen LogP contribution in [-0.4, -0.2) is 12.6 Å². The quantitative estimate of drug-likeness (QED) is 0.134. The summed E-state index contributed by atoms with van der Waals surface area (Å²) in [5.41, 5.74) is 15.8. The summed E-state index contributed by atoms with van der Waals surface area (Å²) in [7, 11) is 0. The molecule has 0 fully saturated rings. The summed E-state index contributed by atoms with van der Waals surface area (Å²) in [5.74, 6) is 0.606. The first kappa shape index (κ1) is 28.8. The van der Waals surface area contributed by atoms with Crippen LogP contribution in [0.2, 0.25) is 0 Å². The average Bonchev–Trinajstić information content (AvgIpc) is 3.64. The average molecular weight is 625 g/mol. The standard InChI is InChI=1S/C47H32N2/c1-48-46(37-16-6-3-7-17-37)49-45-40-20-10-13-23-43(40)47(41-21-11-8-18-38(41)39-19-9-12-22-42(39)47)44(45)36-30-28-35(29-31-36)34-26-24-33(25-27-34)32-14-4-2-5-15-32/h2-31H,1H2/b49-46-. The molecular formula is C47H32N2. The molecule has 0 radical (unpaired) electrons. The van der Waals surface area contributed by atoms with E-state index in [4.69, 9.17) is 4.99 Å². The minimum Gasteiger partial charge on any atom is -0.245 e. The topological polar surface area (TPSA) is 24.7 Å². The van der Waals surface area contributed by atoms with Crippen molar-refractivity contribution in [1.82, 2.24) is 0 Å². The molecule has 0 aromatic heterocycles. The number of hydrogen-bond donors (Lipinski definition) is 0. The zero-order valence-electron chi connectivity index (χ0n) is 26.9. The van der Waals surface area contributed by atoms with Gasteiger partial charge in [0.05, 0.1) is 11.1 Å². The monoisotopic (exact) mass is 624 g/mol. The highest BCUT2D eigenvalue weighted by molar-refractivity contribution is 6.13. The lowest BCUT2D eigenvalue weighted by Crippen LogP contribution is -2.26. The van der Waals surface area contributed by atoms with Crippen LogP contribution in [-0.2, 0) is 5.41 Å². The molecule has 7 aromatic carbocycles. The van der Waals surface area contributed by atoms with Gasteiger partial charge in [0.25, 0.3) is 0 Å². The molecule has 0 saturated carbocycles. The largest absolute Gasteiger partial charge is 0.245 e. The Balaban J connectivity index is 1.28. The summed E-state index contributed by atoms with van der Waals surface area (Å²) in [4.78, 5) is 9.89. The van der Waals surface area contributed by atoms with E-state index in [0.29, 0.717) is 5.84 Å². The Labute approximate surface area is 287 Å². The highest BCUT2D eigenvalue weighted by Crippen LogP contribution is 2.64. The third-order valence-electron chi connectivity index (χ3n) is 10.0. The minimum absolute atomic E-state index is 0.551. The smallest absolute Gasteiger partial charge is 0.159 e. The van der Waals surface area contributed by atoms with Gasteiger partial charge in [-0.2, -0.15) is 0 Å². The van der Waals surface area contributed by atoms with Crippen LogP contribution in [0.4, 0.5) is 0 Å². The van der Waals surface area contributed by atoms with Crippen LogP contribution < -0.4 is 0 Å². The Hall–Kier alpha value is -6.38. The predicted octanol–water partition coefficient (Wildman–Crippen LogP) is 11.4. The Kier molecular flexibility index (Phi) is 6.88. The lowest BCUT2D eigenvalue weighted by Gasteiger charge is -2.32. The van der Waals surface area contributed by atoms with E-state index in [2.05, 4.69) is 163 Å². The van der Waals surface area contributed by atoms with E-state index in [-0.39, 0.29) is 0 Å². The molecule has 230 valence electrons.